The Bertz CT molecular complexity index is 421. The quantitative estimate of drug-likeness (QED) is 0.598. The summed E-state index contributed by atoms with van der Waals surface area (Å²) >= 11 is 0. The number of nitrogen functional groups attached to an aromatic ring is 1. The van der Waals surface area contributed by atoms with Crippen LogP contribution in [-0.4, -0.2) is 36.9 Å². The van der Waals surface area contributed by atoms with Gasteiger partial charge in [-0.05, 0) is 26.8 Å². The summed E-state index contributed by atoms with van der Waals surface area (Å²) in [5.41, 5.74) is 6.22. The summed E-state index contributed by atoms with van der Waals surface area (Å²) in [5.74, 6) is -0.290. The molecule has 0 aromatic carbocycles. The molecule has 19 heavy (non-hydrogen) atoms. The molecule has 6 nitrogen and oxygen atoms in total. The van der Waals surface area contributed by atoms with Gasteiger partial charge in [0.25, 0.3) is 0 Å². The number of esters is 1. The maximum Gasteiger partial charge on any atom is 0.343 e. The van der Waals surface area contributed by atoms with Crippen molar-refractivity contribution in [2.75, 3.05) is 25.6 Å². The molecule has 0 fully saturated rings. The average molecular weight is 268 g/mol. The standard InChI is InChI=1S/C13H20N2O4/c1-4-17-13(16)11-7-10(14)8-15-12(11)19-6-5-18-9(2)3/h7-9H,4-6,14H2,1-3H3. The van der Waals surface area contributed by atoms with Gasteiger partial charge in [0.2, 0.25) is 5.88 Å². The predicted octanol–water partition coefficient (Wildman–Crippen LogP) is 1.64. The largest absolute Gasteiger partial charge is 0.475 e. The monoisotopic (exact) mass is 268 g/mol. The Labute approximate surface area is 112 Å². The van der Waals surface area contributed by atoms with Crippen LogP contribution in [0.4, 0.5) is 5.69 Å². The molecule has 0 bridgehead atoms. The van der Waals surface area contributed by atoms with Crippen LogP contribution in [0, 0.1) is 0 Å². The van der Waals surface area contributed by atoms with Crippen molar-refractivity contribution in [1.82, 2.24) is 4.98 Å². The van der Waals surface area contributed by atoms with Crippen molar-refractivity contribution in [3.05, 3.63) is 17.8 Å². The van der Waals surface area contributed by atoms with Gasteiger partial charge in [-0.3, -0.25) is 0 Å². The van der Waals surface area contributed by atoms with Crippen molar-refractivity contribution in [2.45, 2.75) is 26.9 Å². The maximum atomic E-state index is 11.7. The summed E-state index contributed by atoms with van der Waals surface area (Å²) < 4.78 is 15.7. The van der Waals surface area contributed by atoms with Gasteiger partial charge in [0, 0.05) is 0 Å². The number of hydrogen-bond acceptors (Lipinski definition) is 6. The van der Waals surface area contributed by atoms with Gasteiger partial charge < -0.3 is 19.9 Å². The highest BCUT2D eigenvalue weighted by Crippen LogP contribution is 2.19. The lowest BCUT2D eigenvalue weighted by atomic mass is 10.2. The van der Waals surface area contributed by atoms with Crippen molar-refractivity contribution >= 4 is 11.7 Å². The molecule has 1 aromatic rings. The number of rotatable bonds is 7. The number of nitrogens with zero attached hydrogens (tertiary/aromatic N) is 1. The highest BCUT2D eigenvalue weighted by Gasteiger charge is 2.15. The van der Waals surface area contributed by atoms with Gasteiger partial charge in [0.1, 0.15) is 12.2 Å². The van der Waals surface area contributed by atoms with Crippen LogP contribution < -0.4 is 10.5 Å². The molecular formula is C13H20N2O4. The summed E-state index contributed by atoms with van der Waals surface area (Å²) in [6.45, 7) is 6.61. The van der Waals surface area contributed by atoms with Gasteiger partial charge in [0.15, 0.2) is 0 Å². The third-order valence-corrected chi connectivity index (χ3v) is 2.14. The lowest BCUT2D eigenvalue weighted by Crippen LogP contribution is -2.14. The molecule has 6 heteroatoms. The minimum Gasteiger partial charge on any atom is -0.475 e. The highest BCUT2D eigenvalue weighted by molar-refractivity contribution is 5.92. The van der Waals surface area contributed by atoms with E-state index in [0.717, 1.165) is 0 Å². The lowest BCUT2D eigenvalue weighted by molar-refractivity contribution is 0.0480. The molecule has 1 aromatic heterocycles. The Balaban J connectivity index is 2.68. The second-order valence-electron chi connectivity index (χ2n) is 4.11. The molecule has 0 aliphatic carbocycles. The van der Waals surface area contributed by atoms with Crippen LogP contribution in [0.3, 0.4) is 0 Å². The summed E-state index contributed by atoms with van der Waals surface area (Å²) in [6, 6.07) is 1.49. The summed E-state index contributed by atoms with van der Waals surface area (Å²) in [6.07, 6.45) is 1.56. The number of carbonyl (C=O) groups is 1. The predicted molar refractivity (Wildman–Crippen MR) is 71.2 cm³/mol. The van der Waals surface area contributed by atoms with Crippen molar-refractivity contribution in [2.24, 2.45) is 0 Å². The number of nitrogens with two attached hydrogens (primary N) is 1. The first-order valence-corrected chi connectivity index (χ1v) is 6.21. The van der Waals surface area contributed by atoms with E-state index in [0.29, 0.717) is 18.9 Å². The highest BCUT2D eigenvalue weighted by atomic mass is 16.5. The lowest BCUT2D eigenvalue weighted by Gasteiger charge is -2.11. The third-order valence-electron chi connectivity index (χ3n) is 2.14. The maximum absolute atomic E-state index is 11.7. The van der Waals surface area contributed by atoms with Crippen molar-refractivity contribution < 1.29 is 19.0 Å². The molecule has 106 valence electrons. The minimum absolute atomic E-state index is 0.132. The first-order chi connectivity index (χ1) is 9.04. The van der Waals surface area contributed by atoms with Crippen molar-refractivity contribution in [3.8, 4) is 5.88 Å². The molecular weight excluding hydrogens is 248 g/mol. The van der Waals surface area contributed by atoms with E-state index in [2.05, 4.69) is 4.98 Å². The molecule has 0 saturated carbocycles. The molecule has 0 unspecified atom stereocenters. The summed E-state index contributed by atoms with van der Waals surface area (Å²) in [4.78, 5) is 15.7. The van der Waals surface area contributed by atoms with Crippen LogP contribution in [0.5, 0.6) is 5.88 Å². The molecule has 1 heterocycles. The zero-order valence-electron chi connectivity index (χ0n) is 11.5. The van der Waals surface area contributed by atoms with E-state index in [4.69, 9.17) is 19.9 Å². The fraction of sp³-hybridized carbons (Fsp3) is 0.538. The van der Waals surface area contributed by atoms with E-state index >= 15 is 0 Å². The van der Waals surface area contributed by atoms with E-state index in [9.17, 15) is 4.79 Å². The molecule has 0 aliphatic heterocycles. The Morgan fingerprint density at radius 3 is 2.79 bits per heavy atom. The molecule has 0 saturated heterocycles. The normalized spacial score (nSPS) is 10.5. The Morgan fingerprint density at radius 1 is 1.42 bits per heavy atom. The van der Waals surface area contributed by atoms with E-state index in [1.807, 2.05) is 13.8 Å². The van der Waals surface area contributed by atoms with Crippen LogP contribution in [-0.2, 0) is 9.47 Å². The minimum atomic E-state index is -0.498. The molecule has 0 amide bonds. The molecule has 0 radical (unpaired) electrons. The fourth-order valence-corrected chi connectivity index (χ4v) is 1.36. The van der Waals surface area contributed by atoms with Gasteiger partial charge in [-0.2, -0.15) is 0 Å². The van der Waals surface area contributed by atoms with Crippen molar-refractivity contribution in [1.29, 1.82) is 0 Å². The van der Waals surface area contributed by atoms with Gasteiger partial charge in [0.05, 0.1) is 31.2 Å². The SMILES string of the molecule is CCOC(=O)c1cc(N)cnc1OCCOC(C)C. The average Bonchev–Trinajstić information content (AvgIpc) is 2.36. The van der Waals surface area contributed by atoms with Gasteiger partial charge >= 0.3 is 5.97 Å². The number of pyridine rings is 1. The van der Waals surface area contributed by atoms with Crippen molar-refractivity contribution in [3.63, 3.8) is 0 Å². The van der Waals surface area contributed by atoms with Gasteiger partial charge in [-0.15, -0.1) is 0 Å². The third kappa shape index (κ3) is 5.13. The van der Waals surface area contributed by atoms with Gasteiger partial charge in [-0.1, -0.05) is 0 Å². The summed E-state index contributed by atoms with van der Waals surface area (Å²) in [5, 5.41) is 0. The van der Waals surface area contributed by atoms with Crippen LogP contribution in [0.2, 0.25) is 0 Å². The van der Waals surface area contributed by atoms with Crippen LogP contribution in [0.25, 0.3) is 0 Å². The smallest absolute Gasteiger partial charge is 0.343 e. The zero-order valence-corrected chi connectivity index (χ0v) is 11.5. The van der Waals surface area contributed by atoms with E-state index < -0.39 is 5.97 Å². The first-order valence-electron chi connectivity index (χ1n) is 6.21. The van der Waals surface area contributed by atoms with Gasteiger partial charge in [-0.25, -0.2) is 9.78 Å². The summed E-state index contributed by atoms with van der Waals surface area (Å²) in [7, 11) is 0. The first kappa shape index (κ1) is 15.2. The van der Waals surface area contributed by atoms with E-state index in [1.165, 1.54) is 12.3 Å². The number of hydrogen-bond donors (Lipinski definition) is 1. The fourth-order valence-electron chi connectivity index (χ4n) is 1.36. The Kier molecular flexibility index (Phi) is 6.08. The van der Waals surface area contributed by atoms with Crippen LogP contribution in [0.15, 0.2) is 12.3 Å². The Morgan fingerprint density at radius 2 is 2.16 bits per heavy atom. The molecule has 2 N–H and O–H groups in total. The van der Waals surface area contributed by atoms with E-state index in [1.54, 1.807) is 6.92 Å². The molecule has 0 aliphatic rings. The number of ether oxygens (including phenoxy) is 3. The second kappa shape index (κ2) is 7.58. The van der Waals surface area contributed by atoms with Crippen LogP contribution >= 0.6 is 0 Å². The number of aromatic nitrogens is 1. The number of anilines is 1. The topological polar surface area (TPSA) is 83.7 Å². The second-order valence-corrected chi connectivity index (χ2v) is 4.11. The van der Waals surface area contributed by atoms with Crippen LogP contribution in [0.1, 0.15) is 31.1 Å². The number of carbonyl (C=O) groups excluding carboxylic acids is 1. The Hall–Kier alpha value is -1.82. The zero-order chi connectivity index (χ0) is 14.3. The molecule has 0 atom stereocenters. The molecule has 0 spiro atoms. The molecule has 1 rings (SSSR count). The van der Waals surface area contributed by atoms with E-state index in [-0.39, 0.29) is 24.2 Å².